The molecule has 15 heavy (non-hydrogen) atoms. The lowest BCUT2D eigenvalue weighted by Crippen LogP contribution is -2.20. The summed E-state index contributed by atoms with van der Waals surface area (Å²) in [7, 11) is 0. The molecule has 0 fully saturated rings. The van der Waals surface area contributed by atoms with E-state index in [0.29, 0.717) is 0 Å². The highest BCUT2D eigenvalue weighted by molar-refractivity contribution is 4.99. The van der Waals surface area contributed by atoms with Crippen LogP contribution in [-0.4, -0.2) is 22.9 Å². The Hall–Kier alpha value is -0.830. The lowest BCUT2D eigenvalue weighted by Gasteiger charge is -2.06. The summed E-state index contributed by atoms with van der Waals surface area (Å²) in [6, 6.07) is 0. The van der Waals surface area contributed by atoms with Crippen molar-refractivity contribution in [1.29, 1.82) is 0 Å². The van der Waals surface area contributed by atoms with Crippen LogP contribution < -0.4 is 5.32 Å². The van der Waals surface area contributed by atoms with E-state index in [1.54, 1.807) is 0 Å². The minimum Gasteiger partial charge on any atom is -0.316 e. The molecule has 1 heterocycles. The number of aryl methyl sites for hydroxylation is 2. The zero-order valence-electron chi connectivity index (χ0n) is 10.2. The lowest BCUT2D eigenvalue weighted by molar-refractivity contribution is 0.506. The number of unbranched alkanes of at least 4 members (excludes halogenated alkanes) is 1. The molecule has 1 aromatic rings. The summed E-state index contributed by atoms with van der Waals surface area (Å²) in [6.07, 6.45) is 6.44. The van der Waals surface area contributed by atoms with E-state index in [1.807, 2.05) is 10.9 Å². The zero-order chi connectivity index (χ0) is 11.1. The van der Waals surface area contributed by atoms with Crippen molar-refractivity contribution in [2.24, 2.45) is 5.92 Å². The van der Waals surface area contributed by atoms with E-state index in [-0.39, 0.29) is 0 Å². The first-order valence-corrected chi connectivity index (χ1v) is 5.88. The number of hydrogen-bond donors (Lipinski definition) is 1. The highest BCUT2D eigenvalue weighted by Crippen LogP contribution is 1.97. The van der Waals surface area contributed by atoms with Crippen molar-refractivity contribution in [2.75, 3.05) is 13.1 Å². The largest absolute Gasteiger partial charge is 0.316 e. The summed E-state index contributed by atoms with van der Waals surface area (Å²) in [5.74, 6) is 0.749. The molecule has 0 atom stereocenters. The van der Waals surface area contributed by atoms with Crippen molar-refractivity contribution in [3.8, 4) is 0 Å². The Balaban J connectivity index is 1.98. The maximum atomic E-state index is 4.26. The van der Waals surface area contributed by atoms with Gasteiger partial charge in [0.1, 0.15) is 0 Å². The first-order valence-electron chi connectivity index (χ1n) is 5.88. The van der Waals surface area contributed by atoms with Crippen LogP contribution in [0, 0.1) is 12.8 Å². The molecule has 3 nitrogen and oxygen atoms in total. The molecule has 0 spiro atoms. The van der Waals surface area contributed by atoms with Gasteiger partial charge in [-0.05, 0) is 44.3 Å². The molecule has 0 radical (unpaired) electrons. The number of rotatable bonds is 7. The first kappa shape index (κ1) is 12.2. The van der Waals surface area contributed by atoms with Gasteiger partial charge in [-0.15, -0.1) is 0 Å². The van der Waals surface area contributed by atoms with Gasteiger partial charge in [-0.3, -0.25) is 4.68 Å². The second-order valence-corrected chi connectivity index (χ2v) is 4.59. The fourth-order valence-electron chi connectivity index (χ4n) is 1.50. The quantitative estimate of drug-likeness (QED) is 0.698. The average molecular weight is 209 g/mol. The van der Waals surface area contributed by atoms with Crippen LogP contribution in [0.3, 0.4) is 0 Å². The standard InChI is InChI=1S/C12H23N3/c1-11(2)8-13-6-4-5-7-15-10-12(3)9-14-15/h9-11,13H,4-8H2,1-3H3. The molecule has 1 N–H and O–H groups in total. The maximum absolute atomic E-state index is 4.26. The highest BCUT2D eigenvalue weighted by Gasteiger charge is 1.95. The first-order chi connectivity index (χ1) is 7.18. The van der Waals surface area contributed by atoms with Crippen molar-refractivity contribution < 1.29 is 0 Å². The third-order valence-corrected chi connectivity index (χ3v) is 2.31. The van der Waals surface area contributed by atoms with E-state index in [4.69, 9.17) is 0 Å². The van der Waals surface area contributed by atoms with Gasteiger partial charge < -0.3 is 5.32 Å². The molecule has 0 aliphatic heterocycles. The molecule has 1 rings (SSSR count). The Morgan fingerprint density at radius 1 is 1.40 bits per heavy atom. The van der Waals surface area contributed by atoms with Crippen LogP contribution in [0.25, 0.3) is 0 Å². The summed E-state index contributed by atoms with van der Waals surface area (Å²) >= 11 is 0. The molecule has 0 aliphatic carbocycles. The molecule has 0 aromatic carbocycles. The van der Waals surface area contributed by atoms with Gasteiger partial charge in [0.15, 0.2) is 0 Å². The summed E-state index contributed by atoms with van der Waals surface area (Å²) in [5.41, 5.74) is 1.24. The fourth-order valence-corrected chi connectivity index (χ4v) is 1.50. The predicted molar refractivity (Wildman–Crippen MR) is 63.9 cm³/mol. The molecule has 86 valence electrons. The number of nitrogens with zero attached hydrogens (tertiary/aromatic N) is 2. The summed E-state index contributed by atoms with van der Waals surface area (Å²) in [5, 5.41) is 7.70. The Kier molecular flexibility index (Phi) is 5.40. The van der Waals surface area contributed by atoms with Crippen molar-refractivity contribution in [1.82, 2.24) is 15.1 Å². The smallest absolute Gasteiger partial charge is 0.0518 e. The third-order valence-electron chi connectivity index (χ3n) is 2.31. The molecule has 0 bridgehead atoms. The summed E-state index contributed by atoms with van der Waals surface area (Å²) < 4.78 is 2.03. The minimum atomic E-state index is 0.749. The molecule has 0 amide bonds. The van der Waals surface area contributed by atoms with E-state index >= 15 is 0 Å². The SMILES string of the molecule is Cc1cnn(CCCCNCC(C)C)c1. The van der Waals surface area contributed by atoms with Gasteiger partial charge in [0.25, 0.3) is 0 Å². The Morgan fingerprint density at radius 3 is 2.80 bits per heavy atom. The van der Waals surface area contributed by atoms with Crippen LogP contribution in [0.2, 0.25) is 0 Å². The lowest BCUT2D eigenvalue weighted by atomic mass is 10.2. The molecular weight excluding hydrogens is 186 g/mol. The second-order valence-electron chi connectivity index (χ2n) is 4.59. The van der Waals surface area contributed by atoms with Crippen molar-refractivity contribution in [3.63, 3.8) is 0 Å². The molecule has 1 aromatic heterocycles. The van der Waals surface area contributed by atoms with Crippen LogP contribution in [0.4, 0.5) is 0 Å². The highest BCUT2D eigenvalue weighted by atomic mass is 15.3. The van der Waals surface area contributed by atoms with Crippen LogP contribution in [0.1, 0.15) is 32.3 Å². The van der Waals surface area contributed by atoms with Gasteiger partial charge in [0.2, 0.25) is 0 Å². The zero-order valence-corrected chi connectivity index (χ0v) is 10.2. The predicted octanol–water partition coefficient (Wildman–Crippen LogP) is 2.22. The number of aromatic nitrogens is 2. The van der Waals surface area contributed by atoms with E-state index in [2.05, 4.69) is 37.4 Å². The third kappa shape index (κ3) is 5.57. The normalized spacial score (nSPS) is 11.2. The van der Waals surface area contributed by atoms with E-state index in [1.165, 1.54) is 18.4 Å². The average Bonchev–Trinajstić information content (AvgIpc) is 2.57. The minimum absolute atomic E-state index is 0.749. The summed E-state index contributed by atoms with van der Waals surface area (Å²) in [6.45, 7) is 9.84. The molecule has 0 unspecified atom stereocenters. The second kappa shape index (κ2) is 6.62. The number of hydrogen-bond acceptors (Lipinski definition) is 2. The van der Waals surface area contributed by atoms with Gasteiger partial charge in [0.05, 0.1) is 6.20 Å². The van der Waals surface area contributed by atoms with Crippen molar-refractivity contribution in [2.45, 2.75) is 40.2 Å². The van der Waals surface area contributed by atoms with Crippen molar-refractivity contribution >= 4 is 0 Å². The van der Waals surface area contributed by atoms with E-state index < -0.39 is 0 Å². The summed E-state index contributed by atoms with van der Waals surface area (Å²) in [4.78, 5) is 0. The molecular formula is C12H23N3. The molecule has 0 saturated heterocycles. The Morgan fingerprint density at radius 2 is 2.20 bits per heavy atom. The van der Waals surface area contributed by atoms with Crippen LogP contribution >= 0.6 is 0 Å². The van der Waals surface area contributed by atoms with E-state index in [9.17, 15) is 0 Å². The van der Waals surface area contributed by atoms with Gasteiger partial charge in [0, 0.05) is 12.7 Å². The van der Waals surface area contributed by atoms with Gasteiger partial charge in [-0.25, -0.2) is 0 Å². The van der Waals surface area contributed by atoms with Crippen LogP contribution in [0.15, 0.2) is 12.4 Å². The maximum Gasteiger partial charge on any atom is 0.0518 e. The van der Waals surface area contributed by atoms with Crippen molar-refractivity contribution in [3.05, 3.63) is 18.0 Å². The molecule has 0 aliphatic rings. The van der Waals surface area contributed by atoms with Gasteiger partial charge in [-0.2, -0.15) is 5.10 Å². The van der Waals surface area contributed by atoms with Crippen LogP contribution in [0.5, 0.6) is 0 Å². The van der Waals surface area contributed by atoms with Gasteiger partial charge >= 0.3 is 0 Å². The monoisotopic (exact) mass is 209 g/mol. The Bertz CT molecular complexity index is 266. The van der Waals surface area contributed by atoms with E-state index in [0.717, 1.165) is 25.6 Å². The van der Waals surface area contributed by atoms with Crippen LogP contribution in [-0.2, 0) is 6.54 Å². The molecule has 0 saturated carbocycles. The molecule has 3 heteroatoms. The van der Waals surface area contributed by atoms with Gasteiger partial charge in [-0.1, -0.05) is 13.8 Å². The topological polar surface area (TPSA) is 29.9 Å². The number of nitrogens with one attached hydrogen (secondary N) is 1. The fraction of sp³-hybridized carbons (Fsp3) is 0.750. The Labute approximate surface area is 92.9 Å².